The number of hydrogen-bond donors (Lipinski definition) is 2. The van der Waals surface area contributed by atoms with Gasteiger partial charge in [-0.3, -0.25) is 0 Å². The van der Waals surface area contributed by atoms with Gasteiger partial charge in [0.1, 0.15) is 17.4 Å². The van der Waals surface area contributed by atoms with E-state index in [-0.39, 0.29) is 16.3 Å². The summed E-state index contributed by atoms with van der Waals surface area (Å²) in [6.45, 7) is 3.35. The van der Waals surface area contributed by atoms with Gasteiger partial charge in [0.2, 0.25) is 0 Å². The van der Waals surface area contributed by atoms with E-state index >= 15 is 0 Å². The Morgan fingerprint density at radius 1 is 1.03 bits per heavy atom. The van der Waals surface area contributed by atoms with Crippen molar-refractivity contribution in [1.29, 1.82) is 0 Å². The van der Waals surface area contributed by atoms with Crippen molar-refractivity contribution in [3.63, 3.8) is 0 Å². The molecule has 0 bridgehead atoms. The molecular weight excluding hydrogens is 461 g/mol. The molecule has 174 valence electrons. The number of tetrazole rings is 1. The number of halogens is 2. The number of nitrogens with zero attached hydrogens (tertiary/aromatic N) is 6. The maximum absolute atomic E-state index is 14.7. The second-order valence-corrected chi connectivity index (χ2v) is 8.36. The predicted octanol–water partition coefficient (Wildman–Crippen LogP) is 2.60. The van der Waals surface area contributed by atoms with Gasteiger partial charge in [0, 0.05) is 50.6 Å². The van der Waals surface area contributed by atoms with Gasteiger partial charge in [-0.1, -0.05) is 17.7 Å². The Morgan fingerprint density at radius 2 is 1.74 bits per heavy atom. The number of aromatic hydroxyl groups is 1. The molecule has 1 aliphatic heterocycles. The monoisotopic (exact) mass is 481 g/mol. The summed E-state index contributed by atoms with van der Waals surface area (Å²) in [4.78, 5) is 18.7. The average Bonchev–Trinajstić information content (AvgIpc) is 3.18. The molecule has 1 fully saturated rings. The van der Waals surface area contributed by atoms with Crippen molar-refractivity contribution in [3.8, 4) is 33.7 Å². The summed E-state index contributed by atoms with van der Waals surface area (Å²) in [7, 11) is 1.48. The van der Waals surface area contributed by atoms with E-state index in [1.807, 2.05) is 6.07 Å². The third-order valence-electron chi connectivity index (χ3n) is 5.78. The van der Waals surface area contributed by atoms with E-state index in [0.717, 1.165) is 41.4 Å². The summed E-state index contributed by atoms with van der Waals surface area (Å²) in [6, 6.07) is 10.9. The van der Waals surface area contributed by atoms with Crippen LogP contribution in [0.5, 0.6) is 5.75 Å². The van der Waals surface area contributed by atoms with Gasteiger partial charge in [0.05, 0.1) is 10.7 Å². The number of aromatic nitrogens is 5. The molecule has 0 unspecified atom stereocenters. The number of phenols is 1. The molecule has 1 saturated heterocycles. The molecule has 9 nitrogen and oxygen atoms in total. The minimum atomic E-state index is -0.506. The average molecular weight is 482 g/mol. The number of rotatable bonds is 4. The Hall–Kier alpha value is -3.76. The molecule has 0 saturated carbocycles. The summed E-state index contributed by atoms with van der Waals surface area (Å²) >= 11 is 6.42. The van der Waals surface area contributed by atoms with Gasteiger partial charge in [-0.25, -0.2) is 14.2 Å². The lowest BCUT2D eigenvalue weighted by Gasteiger charge is -2.28. The van der Waals surface area contributed by atoms with Crippen LogP contribution in [0.1, 0.15) is 0 Å². The SMILES string of the molecule is Cn1nnn(-c2ccc(-c3cc(F)cc(-c4ccnc(N5CCNCC5)c4)c3O)cc2Cl)c1=O. The fraction of sp³-hybridized carbons (Fsp3) is 0.217. The van der Waals surface area contributed by atoms with Crippen LogP contribution in [-0.4, -0.2) is 56.1 Å². The van der Waals surface area contributed by atoms with Gasteiger partial charge in [0.15, 0.2) is 0 Å². The Bertz CT molecular complexity index is 1430. The molecule has 4 aromatic rings. The second kappa shape index (κ2) is 8.88. The minimum absolute atomic E-state index is 0.0839. The predicted molar refractivity (Wildman–Crippen MR) is 127 cm³/mol. The fourth-order valence-corrected chi connectivity index (χ4v) is 4.26. The minimum Gasteiger partial charge on any atom is -0.507 e. The first kappa shape index (κ1) is 22.1. The summed E-state index contributed by atoms with van der Waals surface area (Å²) in [5, 5.41) is 22.1. The number of anilines is 1. The Labute approximate surface area is 199 Å². The molecule has 2 N–H and O–H groups in total. The first-order valence-electron chi connectivity index (χ1n) is 10.7. The fourth-order valence-electron chi connectivity index (χ4n) is 4.00. The van der Waals surface area contributed by atoms with Crippen molar-refractivity contribution in [2.75, 3.05) is 31.1 Å². The van der Waals surface area contributed by atoms with Crippen molar-refractivity contribution >= 4 is 17.4 Å². The Balaban J connectivity index is 1.55. The number of phenolic OH excluding ortho intramolecular Hbond substituents is 1. The van der Waals surface area contributed by atoms with Crippen molar-refractivity contribution < 1.29 is 9.50 Å². The first-order chi connectivity index (χ1) is 16.4. The van der Waals surface area contributed by atoms with Crippen LogP contribution in [-0.2, 0) is 7.05 Å². The molecular formula is C23H21ClFN7O2. The smallest absolute Gasteiger partial charge is 0.368 e. The highest BCUT2D eigenvalue weighted by atomic mass is 35.5. The lowest BCUT2D eigenvalue weighted by atomic mass is 9.97. The zero-order valence-electron chi connectivity index (χ0n) is 18.2. The molecule has 0 radical (unpaired) electrons. The zero-order valence-corrected chi connectivity index (χ0v) is 19.0. The maximum Gasteiger partial charge on any atom is 0.368 e. The van der Waals surface area contributed by atoms with E-state index < -0.39 is 11.5 Å². The van der Waals surface area contributed by atoms with Crippen LogP contribution < -0.4 is 15.9 Å². The molecule has 3 heterocycles. The maximum atomic E-state index is 14.7. The van der Waals surface area contributed by atoms with E-state index in [9.17, 15) is 14.3 Å². The van der Waals surface area contributed by atoms with E-state index in [1.54, 1.807) is 30.5 Å². The number of aryl methyl sites for hydroxylation is 1. The molecule has 0 atom stereocenters. The summed E-state index contributed by atoms with van der Waals surface area (Å²) < 4.78 is 16.8. The molecule has 2 aromatic heterocycles. The van der Waals surface area contributed by atoms with Gasteiger partial charge in [-0.05, 0) is 58.0 Å². The van der Waals surface area contributed by atoms with E-state index in [0.29, 0.717) is 22.4 Å². The normalized spacial score (nSPS) is 13.9. The molecule has 11 heteroatoms. The number of benzene rings is 2. The Kier molecular flexibility index (Phi) is 5.76. The lowest BCUT2D eigenvalue weighted by molar-refractivity contribution is 0.477. The van der Waals surface area contributed by atoms with Crippen molar-refractivity contribution in [2.45, 2.75) is 0 Å². The number of pyridine rings is 1. The number of nitrogens with one attached hydrogen (secondary N) is 1. The first-order valence-corrected chi connectivity index (χ1v) is 11.0. The van der Waals surface area contributed by atoms with Gasteiger partial charge in [-0.15, -0.1) is 0 Å². The van der Waals surface area contributed by atoms with Crippen LogP contribution in [0.25, 0.3) is 27.9 Å². The second-order valence-electron chi connectivity index (χ2n) is 7.95. The zero-order chi connectivity index (χ0) is 23.8. The van der Waals surface area contributed by atoms with Crippen LogP contribution in [0.4, 0.5) is 10.2 Å². The quantitative estimate of drug-likeness (QED) is 0.462. The van der Waals surface area contributed by atoms with Crippen LogP contribution in [0.3, 0.4) is 0 Å². The van der Waals surface area contributed by atoms with Crippen LogP contribution in [0.2, 0.25) is 5.02 Å². The number of hydrogen-bond acceptors (Lipinski definition) is 7. The van der Waals surface area contributed by atoms with Gasteiger partial charge in [0.25, 0.3) is 0 Å². The van der Waals surface area contributed by atoms with Crippen molar-refractivity contribution in [2.24, 2.45) is 7.05 Å². The highest BCUT2D eigenvalue weighted by molar-refractivity contribution is 6.32. The van der Waals surface area contributed by atoms with Crippen LogP contribution >= 0.6 is 11.6 Å². The number of piperazine rings is 1. The van der Waals surface area contributed by atoms with Gasteiger partial charge < -0.3 is 15.3 Å². The third-order valence-corrected chi connectivity index (χ3v) is 6.08. The van der Waals surface area contributed by atoms with E-state index in [1.165, 1.54) is 19.2 Å². The van der Waals surface area contributed by atoms with Crippen LogP contribution in [0.15, 0.2) is 53.5 Å². The summed E-state index contributed by atoms with van der Waals surface area (Å²) in [6.07, 6.45) is 1.65. The largest absolute Gasteiger partial charge is 0.507 e. The highest BCUT2D eigenvalue weighted by Gasteiger charge is 2.18. The summed E-state index contributed by atoms with van der Waals surface area (Å²) in [5.74, 6) is 0.180. The molecule has 1 aliphatic rings. The standard InChI is InChI=1S/C23H21ClFN7O2/c1-30-23(34)32(29-28-30)20-3-2-14(10-19(20)24)17-12-16(25)13-18(22(17)33)15-4-5-27-21(11-15)31-8-6-26-7-9-31/h2-5,10-13,26,33H,6-9H2,1H3. The van der Waals surface area contributed by atoms with Gasteiger partial charge >= 0.3 is 5.69 Å². The van der Waals surface area contributed by atoms with Crippen molar-refractivity contribution in [1.82, 2.24) is 30.1 Å². The molecule has 0 spiro atoms. The summed E-state index contributed by atoms with van der Waals surface area (Å²) in [5.41, 5.74) is 1.63. The van der Waals surface area contributed by atoms with Gasteiger partial charge in [-0.2, -0.15) is 9.36 Å². The topological polar surface area (TPSA) is 101 Å². The van der Waals surface area contributed by atoms with Crippen molar-refractivity contribution in [3.05, 3.63) is 70.0 Å². The lowest BCUT2D eigenvalue weighted by Crippen LogP contribution is -2.43. The molecule has 2 aromatic carbocycles. The van der Waals surface area contributed by atoms with E-state index in [4.69, 9.17) is 11.6 Å². The third kappa shape index (κ3) is 4.02. The van der Waals surface area contributed by atoms with E-state index in [2.05, 4.69) is 25.6 Å². The van der Waals surface area contributed by atoms with Crippen LogP contribution in [0, 0.1) is 5.82 Å². The molecule has 0 amide bonds. The molecule has 0 aliphatic carbocycles. The Morgan fingerprint density at radius 3 is 2.38 bits per heavy atom. The molecule has 5 rings (SSSR count). The highest BCUT2D eigenvalue weighted by Crippen LogP contribution is 2.40. The molecule has 34 heavy (non-hydrogen) atoms.